The minimum Gasteiger partial charge on any atom is -0.327 e. The van der Waals surface area contributed by atoms with Crippen LogP contribution in [0.25, 0.3) is 0 Å². The molecule has 0 aliphatic carbocycles. The first-order chi connectivity index (χ1) is 5.65. The summed E-state index contributed by atoms with van der Waals surface area (Å²) in [5.74, 6) is 0.221. The van der Waals surface area contributed by atoms with Gasteiger partial charge in [-0.15, -0.1) is 0 Å². The first-order valence-corrected chi connectivity index (χ1v) is 4.46. The maximum atomic E-state index is 11.2. The summed E-state index contributed by atoms with van der Waals surface area (Å²) in [6.07, 6.45) is 0.639. The van der Waals surface area contributed by atoms with Gasteiger partial charge in [-0.1, -0.05) is 0 Å². The smallest absolute Gasteiger partial charge is 0.238 e. The van der Waals surface area contributed by atoms with Crippen molar-refractivity contribution in [1.29, 1.82) is 0 Å². The van der Waals surface area contributed by atoms with Gasteiger partial charge in [0.15, 0.2) is 0 Å². The third-order valence-corrected chi connectivity index (χ3v) is 2.01. The van der Waals surface area contributed by atoms with Crippen LogP contribution in [0.4, 0.5) is 0 Å². The van der Waals surface area contributed by atoms with Gasteiger partial charge in [0.25, 0.3) is 0 Å². The lowest BCUT2D eigenvalue weighted by Crippen LogP contribution is -2.44. The number of hydrogen-bond acceptors (Lipinski definition) is 3. The summed E-state index contributed by atoms with van der Waals surface area (Å²) in [6, 6.07) is 0.130. The van der Waals surface area contributed by atoms with Gasteiger partial charge in [-0.05, 0) is 13.8 Å². The van der Waals surface area contributed by atoms with Crippen LogP contribution in [0.1, 0.15) is 20.3 Å². The number of hydrogen-bond donors (Lipinski definition) is 1. The Morgan fingerprint density at radius 2 is 2.33 bits per heavy atom. The summed E-state index contributed by atoms with van der Waals surface area (Å²) in [6.45, 7) is 6.30. The lowest BCUT2D eigenvalue weighted by atomic mass is 10.3. The molecule has 1 amide bonds. The van der Waals surface area contributed by atoms with Crippen LogP contribution < -0.4 is 5.73 Å². The first-order valence-electron chi connectivity index (χ1n) is 4.46. The Bertz CT molecular complexity index is 170. The minimum absolute atomic E-state index is 0.130. The lowest BCUT2D eigenvalue weighted by Gasteiger charge is -2.27. The Morgan fingerprint density at radius 1 is 1.67 bits per heavy atom. The van der Waals surface area contributed by atoms with E-state index in [4.69, 9.17) is 5.73 Å². The number of amides is 1. The van der Waals surface area contributed by atoms with E-state index < -0.39 is 0 Å². The molecule has 4 heteroatoms. The molecule has 1 heterocycles. The topological polar surface area (TPSA) is 49.6 Å². The summed E-state index contributed by atoms with van der Waals surface area (Å²) in [5, 5.41) is 3.82. The van der Waals surface area contributed by atoms with Crippen LogP contribution in [0, 0.1) is 0 Å². The van der Waals surface area contributed by atoms with Crippen molar-refractivity contribution in [2.24, 2.45) is 5.73 Å². The SMILES string of the molecule is CCN1C(=O)CCN1CC(C)N. The van der Waals surface area contributed by atoms with Crippen LogP contribution in [0.3, 0.4) is 0 Å². The van der Waals surface area contributed by atoms with Gasteiger partial charge in [-0.25, -0.2) is 5.01 Å². The molecule has 1 rings (SSSR count). The van der Waals surface area contributed by atoms with Crippen molar-refractivity contribution in [2.75, 3.05) is 19.6 Å². The molecule has 0 aromatic carbocycles. The number of rotatable bonds is 3. The van der Waals surface area contributed by atoms with Crippen LogP contribution in [-0.4, -0.2) is 41.6 Å². The standard InChI is InChI=1S/C8H17N3O/c1-3-11-8(12)4-5-10(11)6-7(2)9/h7H,3-6,9H2,1-2H3. The fourth-order valence-corrected chi connectivity index (χ4v) is 1.53. The summed E-state index contributed by atoms with van der Waals surface area (Å²) in [5.41, 5.74) is 5.65. The van der Waals surface area contributed by atoms with Crippen molar-refractivity contribution in [3.63, 3.8) is 0 Å². The fraction of sp³-hybridized carbons (Fsp3) is 0.875. The highest BCUT2D eigenvalue weighted by atomic mass is 16.2. The van der Waals surface area contributed by atoms with Crippen LogP contribution in [0.2, 0.25) is 0 Å². The molecule has 0 aromatic rings. The Balaban J connectivity index is 2.48. The van der Waals surface area contributed by atoms with Crippen molar-refractivity contribution in [2.45, 2.75) is 26.3 Å². The fourth-order valence-electron chi connectivity index (χ4n) is 1.53. The molecule has 2 N–H and O–H groups in total. The van der Waals surface area contributed by atoms with Gasteiger partial charge < -0.3 is 5.73 Å². The molecule has 70 valence electrons. The highest BCUT2D eigenvalue weighted by Gasteiger charge is 2.27. The number of carbonyl (C=O) groups excluding carboxylic acids is 1. The Kier molecular flexibility index (Phi) is 3.05. The Hall–Kier alpha value is -0.610. The van der Waals surface area contributed by atoms with Gasteiger partial charge in [0.05, 0.1) is 0 Å². The largest absolute Gasteiger partial charge is 0.327 e. The highest BCUT2D eigenvalue weighted by Crippen LogP contribution is 2.11. The molecule has 1 aliphatic heterocycles. The van der Waals surface area contributed by atoms with Gasteiger partial charge >= 0.3 is 0 Å². The maximum absolute atomic E-state index is 11.2. The number of nitrogens with two attached hydrogens (primary N) is 1. The second-order valence-electron chi connectivity index (χ2n) is 3.25. The lowest BCUT2D eigenvalue weighted by molar-refractivity contribution is -0.137. The van der Waals surface area contributed by atoms with Gasteiger partial charge in [0, 0.05) is 32.1 Å². The van der Waals surface area contributed by atoms with Gasteiger partial charge in [-0.3, -0.25) is 9.80 Å². The van der Waals surface area contributed by atoms with Crippen molar-refractivity contribution < 1.29 is 4.79 Å². The monoisotopic (exact) mass is 171 g/mol. The Labute approximate surface area is 73.3 Å². The molecular weight excluding hydrogens is 154 g/mol. The molecule has 1 aliphatic rings. The number of carbonyl (C=O) groups is 1. The zero-order valence-electron chi connectivity index (χ0n) is 7.79. The zero-order valence-corrected chi connectivity index (χ0v) is 7.79. The third-order valence-electron chi connectivity index (χ3n) is 2.01. The summed E-state index contributed by atoms with van der Waals surface area (Å²) >= 11 is 0. The number of nitrogens with zero attached hydrogens (tertiary/aromatic N) is 2. The average Bonchev–Trinajstić information content (AvgIpc) is 2.30. The van der Waals surface area contributed by atoms with Crippen molar-refractivity contribution in [1.82, 2.24) is 10.0 Å². The van der Waals surface area contributed by atoms with E-state index in [1.165, 1.54) is 0 Å². The maximum Gasteiger partial charge on any atom is 0.238 e. The minimum atomic E-state index is 0.130. The van der Waals surface area contributed by atoms with Crippen molar-refractivity contribution >= 4 is 5.91 Å². The van der Waals surface area contributed by atoms with E-state index in [1.807, 2.05) is 18.9 Å². The molecule has 0 aromatic heterocycles. The predicted octanol–water partition coefficient (Wildman–Crippen LogP) is -0.197. The van der Waals surface area contributed by atoms with Crippen LogP contribution in [-0.2, 0) is 4.79 Å². The van der Waals surface area contributed by atoms with Crippen molar-refractivity contribution in [3.8, 4) is 0 Å². The normalized spacial score (nSPS) is 21.9. The van der Waals surface area contributed by atoms with E-state index in [1.54, 1.807) is 5.01 Å². The third kappa shape index (κ3) is 1.95. The quantitative estimate of drug-likeness (QED) is 0.640. The molecule has 1 unspecified atom stereocenters. The van der Waals surface area contributed by atoms with Crippen LogP contribution in [0.15, 0.2) is 0 Å². The van der Waals surface area contributed by atoms with Crippen LogP contribution in [0.5, 0.6) is 0 Å². The predicted molar refractivity (Wildman–Crippen MR) is 47.2 cm³/mol. The van der Waals surface area contributed by atoms with E-state index in [2.05, 4.69) is 0 Å². The van der Waals surface area contributed by atoms with Gasteiger partial charge in [-0.2, -0.15) is 0 Å². The second-order valence-corrected chi connectivity index (χ2v) is 3.25. The molecule has 12 heavy (non-hydrogen) atoms. The van der Waals surface area contributed by atoms with E-state index in [0.29, 0.717) is 6.42 Å². The van der Waals surface area contributed by atoms with Gasteiger partial charge in [0.2, 0.25) is 5.91 Å². The first kappa shape index (κ1) is 9.48. The molecule has 1 fully saturated rings. The van der Waals surface area contributed by atoms with E-state index in [-0.39, 0.29) is 11.9 Å². The molecule has 0 spiro atoms. The summed E-state index contributed by atoms with van der Waals surface area (Å²) in [4.78, 5) is 11.2. The van der Waals surface area contributed by atoms with Crippen LogP contribution >= 0.6 is 0 Å². The molecule has 1 atom stereocenters. The average molecular weight is 171 g/mol. The van der Waals surface area contributed by atoms with E-state index in [0.717, 1.165) is 19.6 Å². The summed E-state index contributed by atoms with van der Waals surface area (Å²) in [7, 11) is 0. The molecule has 1 saturated heterocycles. The highest BCUT2D eigenvalue weighted by molar-refractivity contribution is 5.77. The second kappa shape index (κ2) is 3.87. The molecular formula is C8H17N3O. The van der Waals surface area contributed by atoms with Crippen molar-refractivity contribution in [3.05, 3.63) is 0 Å². The van der Waals surface area contributed by atoms with E-state index >= 15 is 0 Å². The Morgan fingerprint density at radius 3 is 2.83 bits per heavy atom. The van der Waals surface area contributed by atoms with E-state index in [9.17, 15) is 4.79 Å². The molecule has 0 saturated carbocycles. The summed E-state index contributed by atoms with van der Waals surface area (Å²) < 4.78 is 0. The zero-order chi connectivity index (χ0) is 9.14. The van der Waals surface area contributed by atoms with Gasteiger partial charge in [0.1, 0.15) is 0 Å². The molecule has 4 nitrogen and oxygen atoms in total. The molecule has 0 bridgehead atoms. The molecule has 0 radical (unpaired) electrons. The number of hydrazine groups is 1.